The lowest BCUT2D eigenvalue weighted by Gasteiger charge is -2.42. The van der Waals surface area contributed by atoms with Crippen molar-refractivity contribution in [3.63, 3.8) is 0 Å². The number of aromatic nitrogens is 2. The zero-order chi connectivity index (χ0) is 21.4. The van der Waals surface area contributed by atoms with Gasteiger partial charge in [0.25, 0.3) is 5.88 Å². The fraction of sp³-hybridized carbons (Fsp3) is 0.762. The van der Waals surface area contributed by atoms with Gasteiger partial charge in [-0.05, 0) is 6.42 Å². The maximum atomic E-state index is 12.5. The van der Waals surface area contributed by atoms with Crippen LogP contribution in [0.4, 0.5) is 4.79 Å². The van der Waals surface area contributed by atoms with Crippen LogP contribution >= 0.6 is 11.7 Å². The zero-order valence-electron chi connectivity index (χ0n) is 18.5. The smallest absolute Gasteiger partial charge is 0.414 e. The van der Waals surface area contributed by atoms with E-state index >= 15 is 0 Å². The molecule has 3 heterocycles. The number of unbranched alkanes of at least 4 members (excludes halogenated alkanes) is 3. The minimum atomic E-state index is -0.257. The van der Waals surface area contributed by atoms with Crippen LogP contribution in [0.15, 0.2) is 6.08 Å². The van der Waals surface area contributed by atoms with Crippen molar-refractivity contribution in [2.75, 3.05) is 53.0 Å². The van der Waals surface area contributed by atoms with E-state index in [9.17, 15) is 4.79 Å². The van der Waals surface area contributed by atoms with Gasteiger partial charge in [-0.15, -0.1) is 4.37 Å². The number of rotatable bonds is 9. The minimum Gasteiger partial charge on any atom is -0.475 e. The molecular formula is C21H35N4O4S+. The first kappa shape index (κ1) is 23.0. The Morgan fingerprint density at radius 2 is 2.10 bits per heavy atom. The maximum Gasteiger partial charge on any atom is 0.414 e. The summed E-state index contributed by atoms with van der Waals surface area (Å²) >= 11 is 1.19. The van der Waals surface area contributed by atoms with Crippen molar-refractivity contribution < 1.29 is 23.5 Å². The Kier molecular flexibility index (Phi) is 8.47. The molecule has 0 aromatic carbocycles. The number of hydrogen-bond donors (Lipinski definition) is 0. The lowest BCUT2D eigenvalue weighted by Crippen LogP contribution is -2.56. The second kappa shape index (κ2) is 11.1. The van der Waals surface area contributed by atoms with Crippen molar-refractivity contribution in [2.45, 2.75) is 52.2 Å². The molecule has 0 radical (unpaired) electrons. The summed E-state index contributed by atoms with van der Waals surface area (Å²) in [6.45, 7) is 8.81. The summed E-state index contributed by atoms with van der Waals surface area (Å²) in [5, 5.41) is 0. The highest BCUT2D eigenvalue weighted by molar-refractivity contribution is 6.99. The Morgan fingerprint density at radius 1 is 1.30 bits per heavy atom. The highest BCUT2D eigenvalue weighted by atomic mass is 32.1. The van der Waals surface area contributed by atoms with Crippen LogP contribution in [0.25, 0.3) is 5.57 Å². The molecule has 2 atom stereocenters. The molecule has 30 heavy (non-hydrogen) atoms. The molecule has 2 aliphatic rings. The van der Waals surface area contributed by atoms with E-state index in [-0.39, 0.29) is 12.3 Å². The van der Waals surface area contributed by atoms with Crippen LogP contribution in [0, 0.1) is 0 Å². The molecule has 2 unspecified atom stereocenters. The number of carbonyl (C=O) groups is 1. The number of hydrogen-bond acceptors (Lipinski definition) is 7. The molecule has 168 valence electrons. The van der Waals surface area contributed by atoms with Crippen molar-refractivity contribution in [1.29, 1.82) is 0 Å². The van der Waals surface area contributed by atoms with Crippen LogP contribution in [-0.4, -0.2) is 83.5 Å². The molecule has 0 N–H and O–H groups in total. The third-order valence-corrected chi connectivity index (χ3v) is 6.49. The SMILES string of the molecule is CCCCCCOc1nsnc1C1=CCC[N+](C)(C(C)OC(=O)N2CCOCC2)C1. The Balaban J connectivity index is 1.58. The first-order chi connectivity index (χ1) is 14.5. The lowest BCUT2D eigenvalue weighted by molar-refractivity contribution is -0.944. The van der Waals surface area contributed by atoms with Gasteiger partial charge in [-0.25, -0.2) is 4.79 Å². The molecular weight excluding hydrogens is 404 g/mol. The normalized spacial score (nSPS) is 23.0. The van der Waals surface area contributed by atoms with Gasteiger partial charge in [0.1, 0.15) is 12.2 Å². The van der Waals surface area contributed by atoms with E-state index in [0.717, 1.165) is 37.2 Å². The average Bonchev–Trinajstić information content (AvgIpc) is 3.23. The predicted molar refractivity (Wildman–Crippen MR) is 116 cm³/mol. The second-order valence-corrected chi connectivity index (χ2v) is 8.82. The zero-order valence-corrected chi connectivity index (χ0v) is 19.3. The fourth-order valence-electron chi connectivity index (χ4n) is 3.81. The van der Waals surface area contributed by atoms with Crippen molar-refractivity contribution in [1.82, 2.24) is 13.6 Å². The summed E-state index contributed by atoms with van der Waals surface area (Å²) < 4.78 is 26.6. The summed E-state index contributed by atoms with van der Waals surface area (Å²) in [5.74, 6) is 0.633. The van der Waals surface area contributed by atoms with E-state index in [0.29, 0.717) is 43.3 Å². The van der Waals surface area contributed by atoms with Crippen LogP contribution < -0.4 is 4.74 Å². The monoisotopic (exact) mass is 439 g/mol. The van der Waals surface area contributed by atoms with Gasteiger partial charge in [-0.3, -0.25) is 4.48 Å². The molecule has 1 amide bonds. The molecule has 0 aliphatic carbocycles. The maximum absolute atomic E-state index is 12.5. The third-order valence-electron chi connectivity index (χ3n) is 5.98. The number of carbonyl (C=O) groups excluding carboxylic acids is 1. The van der Waals surface area contributed by atoms with E-state index in [1.165, 1.54) is 31.0 Å². The summed E-state index contributed by atoms with van der Waals surface area (Å²) in [6, 6.07) is 0. The molecule has 9 heteroatoms. The quantitative estimate of drug-likeness (QED) is 0.433. The molecule has 1 aromatic heterocycles. The van der Waals surface area contributed by atoms with E-state index in [1.807, 2.05) is 6.92 Å². The summed E-state index contributed by atoms with van der Waals surface area (Å²) in [7, 11) is 2.13. The Labute approximate surface area is 183 Å². The fourth-order valence-corrected chi connectivity index (χ4v) is 4.34. The topological polar surface area (TPSA) is 73.8 Å². The van der Waals surface area contributed by atoms with Crippen molar-refractivity contribution in [3.8, 4) is 5.88 Å². The Morgan fingerprint density at radius 3 is 2.87 bits per heavy atom. The van der Waals surface area contributed by atoms with Gasteiger partial charge in [0.15, 0.2) is 0 Å². The molecule has 1 saturated heterocycles. The van der Waals surface area contributed by atoms with Crippen LogP contribution in [0.1, 0.15) is 51.6 Å². The highest BCUT2D eigenvalue weighted by Gasteiger charge is 2.37. The van der Waals surface area contributed by atoms with Crippen LogP contribution in [0.3, 0.4) is 0 Å². The van der Waals surface area contributed by atoms with Crippen molar-refractivity contribution in [3.05, 3.63) is 11.8 Å². The molecule has 2 aliphatic heterocycles. The van der Waals surface area contributed by atoms with Gasteiger partial charge >= 0.3 is 6.09 Å². The van der Waals surface area contributed by atoms with Gasteiger partial charge in [0, 0.05) is 32.0 Å². The van der Waals surface area contributed by atoms with Crippen LogP contribution in [0.5, 0.6) is 5.88 Å². The van der Waals surface area contributed by atoms with Gasteiger partial charge < -0.3 is 19.1 Å². The Bertz CT molecular complexity index is 720. The van der Waals surface area contributed by atoms with Crippen LogP contribution in [0.2, 0.25) is 0 Å². The number of amides is 1. The first-order valence-corrected chi connectivity index (χ1v) is 11.8. The van der Waals surface area contributed by atoms with Gasteiger partial charge in [0.05, 0.1) is 45.1 Å². The minimum absolute atomic E-state index is 0.256. The molecule has 0 bridgehead atoms. The average molecular weight is 440 g/mol. The molecule has 0 saturated carbocycles. The Hall–Kier alpha value is -1.71. The van der Waals surface area contributed by atoms with E-state index in [4.69, 9.17) is 14.2 Å². The highest BCUT2D eigenvalue weighted by Crippen LogP contribution is 2.31. The van der Waals surface area contributed by atoms with Crippen molar-refractivity contribution >= 4 is 23.4 Å². The summed E-state index contributed by atoms with van der Waals surface area (Å²) in [6.07, 6.45) is 7.26. The van der Waals surface area contributed by atoms with Crippen LogP contribution in [-0.2, 0) is 9.47 Å². The molecule has 3 rings (SSSR count). The number of quaternary nitrogens is 1. The first-order valence-electron chi connectivity index (χ1n) is 11.1. The second-order valence-electron chi connectivity index (χ2n) is 8.29. The molecule has 8 nitrogen and oxygen atoms in total. The standard InChI is InChI=1S/C21H35N4O4S/c1-4-5-6-7-13-28-20-19(22-30-23-20)18-9-8-12-25(3,16-18)17(2)29-21(26)24-10-14-27-15-11-24/h9,17H,4-8,10-16H2,1-3H3/q+1. The van der Waals surface area contributed by atoms with E-state index in [1.54, 1.807) is 4.90 Å². The van der Waals surface area contributed by atoms with E-state index < -0.39 is 0 Å². The van der Waals surface area contributed by atoms with Gasteiger partial charge in [0.2, 0.25) is 6.23 Å². The molecule has 1 fully saturated rings. The number of morpholine rings is 1. The number of nitrogens with zero attached hydrogens (tertiary/aromatic N) is 4. The van der Waals surface area contributed by atoms with Crippen molar-refractivity contribution in [2.24, 2.45) is 0 Å². The van der Waals surface area contributed by atoms with E-state index in [2.05, 4.69) is 28.8 Å². The number of likely N-dealkylation sites (N-methyl/N-ethyl adjacent to an activating group) is 1. The largest absolute Gasteiger partial charge is 0.475 e. The summed E-state index contributed by atoms with van der Waals surface area (Å²) in [4.78, 5) is 14.3. The van der Waals surface area contributed by atoms with Gasteiger partial charge in [-0.1, -0.05) is 32.3 Å². The molecule has 0 spiro atoms. The number of ether oxygens (including phenoxy) is 3. The predicted octanol–water partition coefficient (Wildman–Crippen LogP) is 3.55. The van der Waals surface area contributed by atoms with Gasteiger partial charge in [-0.2, -0.15) is 4.37 Å². The molecule has 1 aromatic rings. The lowest BCUT2D eigenvalue weighted by atomic mass is 10.0. The third kappa shape index (κ3) is 5.92. The summed E-state index contributed by atoms with van der Waals surface area (Å²) in [5.41, 5.74) is 1.96.